The Balaban J connectivity index is 2.62. The van der Waals surface area contributed by atoms with Crippen molar-refractivity contribution in [3.63, 3.8) is 0 Å². The molecule has 2 N–H and O–H groups in total. The molecule has 0 atom stereocenters. The van der Waals surface area contributed by atoms with Crippen LogP contribution in [0.4, 0.5) is 0 Å². The van der Waals surface area contributed by atoms with E-state index >= 15 is 0 Å². The van der Waals surface area contributed by atoms with E-state index in [4.69, 9.17) is 5.11 Å². The van der Waals surface area contributed by atoms with E-state index in [2.05, 4.69) is 10.8 Å². The molecule has 19 heavy (non-hydrogen) atoms. The third kappa shape index (κ3) is 2.49. The summed E-state index contributed by atoms with van der Waals surface area (Å²) < 4.78 is 2.06. The summed E-state index contributed by atoms with van der Waals surface area (Å²) in [6, 6.07) is 3.69. The third-order valence-electron chi connectivity index (χ3n) is 3.49. The lowest BCUT2D eigenvalue weighted by molar-refractivity contribution is 0.0696. The summed E-state index contributed by atoms with van der Waals surface area (Å²) in [5, 5.41) is 19.2. The second-order valence-corrected chi connectivity index (χ2v) is 4.76. The Morgan fingerprint density at radius 2 is 2.11 bits per heavy atom. The van der Waals surface area contributed by atoms with E-state index in [0.717, 1.165) is 35.9 Å². The second-order valence-electron chi connectivity index (χ2n) is 4.76. The summed E-state index contributed by atoms with van der Waals surface area (Å²) in [6.07, 6.45) is 3.60. The molecular weight excluding hydrogens is 242 g/mol. The fourth-order valence-electron chi connectivity index (χ4n) is 2.48. The monoisotopic (exact) mass is 261 g/mol. The topological polar surface area (TPSA) is 62.5 Å². The van der Waals surface area contributed by atoms with Gasteiger partial charge in [0.2, 0.25) is 0 Å². The van der Waals surface area contributed by atoms with Crippen molar-refractivity contribution in [1.29, 1.82) is 0 Å². The molecular formula is C15H19NO3. The Kier molecular flexibility index (Phi) is 3.90. The summed E-state index contributed by atoms with van der Waals surface area (Å²) in [7, 11) is 0. The summed E-state index contributed by atoms with van der Waals surface area (Å²) in [4.78, 5) is 11.2. The molecule has 0 bridgehead atoms. The van der Waals surface area contributed by atoms with Gasteiger partial charge >= 0.3 is 5.97 Å². The highest BCUT2D eigenvalue weighted by Crippen LogP contribution is 2.26. The number of carboxylic acid groups (broad SMARTS) is 1. The van der Waals surface area contributed by atoms with Crippen molar-refractivity contribution >= 4 is 16.9 Å². The number of nitrogens with zero attached hydrogens (tertiary/aromatic N) is 1. The van der Waals surface area contributed by atoms with Crippen molar-refractivity contribution < 1.29 is 15.0 Å². The highest BCUT2D eigenvalue weighted by molar-refractivity contribution is 5.96. The zero-order valence-electron chi connectivity index (χ0n) is 11.3. The molecule has 2 aromatic rings. The highest BCUT2D eigenvalue weighted by Gasteiger charge is 2.13. The van der Waals surface area contributed by atoms with Gasteiger partial charge in [-0.15, -0.1) is 0 Å². The minimum absolute atomic E-state index is 0.172. The molecule has 0 unspecified atom stereocenters. The van der Waals surface area contributed by atoms with Gasteiger partial charge in [0, 0.05) is 30.3 Å². The summed E-state index contributed by atoms with van der Waals surface area (Å²) in [5.41, 5.74) is 3.26. The molecule has 1 aromatic carbocycles. The van der Waals surface area contributed by atoms with E-state index in [1.54, 1.807) is 6.07 Å². The van der Waals surface area contributed by atoms with Gasteiger partial charge in [-0.3, -0.25) is 0 Å². The fourth-order valence-corrected chi connectivity index (χ4v) is 2.48. The smallest absolute Gasteiger partial charge is 0.336 e. The lowest BCUT2D eigenvalue weighted by atomic mass is 10.0. The molecule has 0 saturated heterocycles. The van der Waals surface area contributed by atoms with Crippen molar-refractivity contribution in [3.05, 3.63) is 35.0 Å². The number of rotatable bonds is 5. The van der Waals surface area contributed by atoms with Crippen molar-refractivity contribution in [2.45, 2.75) is 33.2 Å². The van der Waals surface area contributed by atoms with Crippen LogP contribution in [0.1, 0.15) is 34.8 Å². The Morgan fingerprint density at radius 1 is 1.37 bits per heavy atom. The average molecular weight is 261 g/mol. The summed E-state index contributed by atoms with van der Waals surface area (Å²) >= 11 is 0. The number of aromatic carboxylic acids is 1. The molecule has 0 aliphatic carbocycles. The molecule has 102 valence electrons. The van der Waals surface area contributed by atoms with E-state index in [1.807, 2.05) is 19.9 Å². The third-order valence-corrected chi connectivity index (χ3v) is 3.49. The first kappa shape index (κ1) is 13.6. The largest absolute Gasteiger partial charge is 0.478 e. The summed E-state index contributed by atoms with van der Waals surface area (Å²) in [6.45, 7) is 4.83. The predicted molar refractivity (Wildman–Crippen MR) is 74.7 cm³/mol. The van der Waals surface area contributed by atoms with Gasteiger partial charge in [0.1, 0.15) is 0 Å². The minimum Gasteiger partial charge on any atom is -0.478 e. The highest BCUT2D eigenvalue weighted by atomic mass is 16.4. The first-order valence-electron chi connectivity index (χ1n) is 6.55. The van der Waals surface area contributed by atoms with Gasteiger partial charge < -0.3 is 14.8 Å². The van der Waals surface area contributed by atoms with Crippen LogP contribution in [0.25, 0.3) is 10.9 Å². The number of aliphatic hydroxyl groups excluding tert-OH is 1. The van der Waals surface area contributed by atoms with Gasteiger partial charge in [-0.1, -0.05) is 0 Å². The van der Waals surface area contributed by atoms with E-state index in [-0.39, 0.29) is 6.61 Å². The van der Waals surface area contributed by atoms with Crippen LogP contribution in [0, 0.1) is 6.92 Å². The van der Waals surface area contributed by atoms with Crippen molar-refractivity contribution in [1.82, 2.24) is 4.57 Å². The number of aryl methyl sites for hydroxylation is 3. The van der Waals surface area contributed by atoms with E-state index in [0.29, 0.717) is 5.56 Å². The first-order valence-corrected chi connectivity index (χ1v) is 6.55. The molecule has 0 radical (unpaired) electrons. The molecule has 0 aliphatic rings. The predicted octanol–water partition coefficient (Wildman–Crippen LogP) is 2.59. The standard InChI is InChI=1S/C15H19NO3/c1-3-16-9-11(5-4-6-17)13-7-10(2)12(15(18)19)8-14(13)16/h7-9,17H,3-6H2,1-2H3,(H,18,19). The first-order chi connectivity index (χ1) is 9.08. The van der Waals surface area contributed by atoms with Gasteiger partial charge in [-0.05, 0) is 49.9 Å². The maximum atomic E-state index is 11.2. The summed E-state index contributed by atoms with van der Waals surface area (Å²) in [5.74, 6) is -0.889. The van der Waals surface area contributed by atoms with Gasteiger partial charge in [-0.25, -0.2) is 4.79 Å². The Labute approximate surface area is 112 Å². The number of aliphatic hydroxyl groups is 1. The van der Waals surface area contributed by atoms with Crippen LogP contribution in [0.2, 0.25) is 0 Å². The van der Waals surface area contributed by atoms with Crippen molar-refractivity contribution in [2.24, 2.45) is 0 Å². The van der Waals surface area contributed by atoms with Crippen LogP contribution in [0.5, 0.6) is 0 Å². The molecule has 0 saturated carbocycles. The zero-order valence-corrected chi connectivity index (χ0v) is 11.3. The Hall–Kier alpha value is -1.81. The van der Waals surface area contributed by atoms with Crippen LogP contribution in [-0.2, 0) is 13.0 Å². The van der Waals surface area contributed by atoms with E-state index in [9.17, 15) is 9.90 Å². The molecule has 4 nitrogen and oxygen atoms in total. The quantitative estimate of drug-likeness (QED) is 0.869. The number of carboxylic acids is 1. The van der Waals surface area contributed by atoms with Crippen molar-refractivity contribution in [3.8, 4) is 0 Å². The van der Waals surface area contributed by atoms with Crippen LogP contribution < -0.4 is 0 Å². The Bertz CT molecular complexity index is 613. The van der Waals surface area contributed by atoms with Crippen molar-refractivity contribution in [2.75, 3.05) is 6.61 Å². The number of benzene rings is 1. The SMILES string of the molecule is CCn1cc(CCCO)c2cc(C)c(C(=O)O)cc21. The maximum absolute atomic E-state index is 11.2. The molecule has 2 rings (SSSR count). The molecule has 0 amide bonds. The molecule has 1 heterocycles. The van der Waals surface area contributed by atoms with Crippen LogP contribution >= 0.6 is 0 Å². The van der Waals surface area contributed by atoms with E-state index in [1.165, 1.54) is 5.56 Å². The fraction of sp³-hybridized carbons (Fsp3) is 0.400. The zero-order chi connectivity index (χ0) is 14.0. The van der Waals surface area contributed by atoms with Gasteiger partial charge in [-0.2, -0.15) is 0 Å². The number of hydrogen-bond donors (Lipinski definition) is 2. The minimum atomic E-state index is -0.889. The van der Waals surface area contributed by atoms with Gasteiger partial charge in [0.05, 0.1) is 5.56 Å². The molecule has 4 heteroatoms. The lowest BCUT2D eigenvalue weighted by Gasteiger charge is -2.05. The van der Waals surface area contributed by atoms with Gasteiger partial charge in [0.15, 0.2) is 0 Å². The molecule has 0 aliphatic heterocycles. The number of hydrogen-bond acceptors (Lipinski definition) is 2. The second kappa shape index (κ2) is 5.45. The maximum Gasteiger partial charge on any atom is 0.336 e. The van der Waals surface area contributed by atoms with Crippen LogP contribution in [-0.4, -0.2) is 27.4 Å². The molecule has 0 spiro atoms. The van der Waals surface area contributed by atoms with E-state index < -0.39 is 5.97 Å². The average Bonchev–Trinajstić information content (AvgIpc) is 2.72. The Morgan fingerprint density at radius 3 is 2.68 bits per heavy atom. The van der Waals surface area contributed by atoms with Gasteiger partial charge in [0.25, 0.3) is 0 Å². The van der Waals surface area contributed by atoms with Crippen LogP contribution in [0.3, 0.4) is 0 Å². The number of aromatic nitrogens is 1. The van der Waals surface area contributed by atoms with Crippen LogP contribution in [0.15, 0.2) is 18.3 Å². The number of carbonyl (C=O) groups is 1. The lowest BCUT2D eigenvalue weighted by Crippen LogP contribution is -2.00. The molecule has 1 aromatic heterocycles. The number of fused-ring (bicyclic) bond motifs is 1. The molecule has 0 fully saturated rings. The normalized spacial score (nSPS) is 11.1.